The maximum absolute atomic E-state index is 3.76. The average molecular weight is 224 g/mol. The molecule has 0 bridgehead atoms. The van der Waals surface area contributed by atoms with Crippen molar-refractivity contribution in [3.8, 4) is 0 Å². The molecule has 1 saturated heterocycles. The fourth-order valence-corrected chi connectivity index (χ4v) is 2.72. The molecule has 94 valence electrons. The summed E-state index contributed by atoms with van der Waals surface area (Å²) in [6.45, 7) is 5.30. The predicted molar refractivity (Wildman–Crippen MR) is 69.8 cm³/mol. The molecule has 1 aliphatic carbocycles. The number of hydrogen-bond donors (Lipinski definition) is 1. The normalized spacial score (nSPS) is 24.0. The van der Waals surface area contributed by atoms with Crippen LogP contribution in [0.1, 0.15) is 57.8 Å². The Balaban J connectivity index is 1.46. The Morgan fingerprint density at radius 1 is 0.875 bits per heavy atom. The van der Waals surface area contributed by atoms with Crippen molar-refractivity contribution in [2.45, 2.75) is 63.8 Å². The first kappa shape index (κ1) is 12.4. The molecule has 2 aliphatic rings. The van der Waals surface area contributed by atoms with E-state index in [1.807, 2.05) is 0 Å². The van der Waals surface area contributed by atoms with Gasteiger partial charge in [-0.3, -0.25) is 0 Å². The summed E-state index contributed by atoms with van der Waals surface area (Å²) in [4.78, 5) is 2.52. The Labute approximate surface area is 101 Å². The van der Waals surface area contributed by atoms with Crippen LogP contribution in [0.4, 0.5) is 0 Å². The summed E-state index contributed by atoms with van der Waals surface area (Å²) in [5, 5.41) is 3.76. The highest BCUT2D eigenvalue weighted by Crippen LogP contribution is 2.17. The van der Waals surface area contributed by atoms with Crippen LogP contribution in [0.25, 0.3) is 0 Å². The Kier molecular flexibility index (Phi) is 5.64. The first-order valence-corrected chi connectivity index (χ1v) is 7.41. The van der Waals surface area contributed by atoms with Crippen molar-refractivity contribution in [1.29, 1.82) is 0 Å². The van der Waals surface area contributed by atoms with Crippen molar-refractivity contribution in [1.82, 2.24) is 10.2 Å². The monoisotopic (exact) mass is 224 g/mol. The van der Waals surface area contributed by atoms with Gasteiger partial charge in [0.25, 0.3) is 0 Å². The molecule has 1 heterocycles. The lowest BCUT2D eigenvalue weighted by Crippen LogP contribution is -2.30. The van der Waals surface area contributed by atoms with Gasteiger partial charge < -0.3 is 10.2 Å². The predicted octanol–water partition coefficient (Wildman–Crippen LogP) is 2.78. The lowest BCUT2D eigenvalue weighted by Gasteiger charge is -2.21. The summed E-state index contributed by atoms with van der Waals surface area (Å²) >= 11 is 0. The molecular formula is C14H28N2. The third kappa shape index (κ3) is 5.31. The highest BCUT2D eigenvalue weighted by Gasteiger charge is 2.15. The Hall–Kier alpha value is -0.0800. The Morgan fingerprint density at radius 3 is 2.25 bits per heavy atom. The van der Waals surface area contributed by atoms with E-state index in [1.165, 1.54) is 84.0 Å². The minimum absolute atomic E-state index is 0.835. The highest BCUT2D eigenvalue weighted by atomic mass is 15.2. The van der Waals surface area contributed by atoms with Gasteiger partial charge in [-0.05, 0) is 38.8 Å². The second-order valence-electron chi connectivity index (χ2n) is 5.54. The van der Waals surface area contributed by atoms with E-state index in [2.05, 4.69) is 10.2 Å². The van der Waals surface area contributed by atoms with Gasteiger partial charge in [-0.2, -0.15) is 0 Å². The topological polar surface area (TPSA) is 15.0 Å². The van der Waals surface area contributed by atoms with E-state index in [0.29, 0.717) is 0 Å². The minimum atomic E-state index is 0.835. The fourth-order valence-electron chi connectivity index (χ4n) is 2.72. The molecule has 0 spiro atoms. The second-order valence-corrected chi connectivity index (χ2v) is 5.54. The van der Waals surface area contributed by atoms with Gasteiger partial charge in [0.15, 0.2) is 0 Å². The summed E-state index contributed by atoms with van der Waals surface area (Å²) in [5.74, 6) is 0. The second kappa shape index (κ2) is 7.29. The van der Waals surface area contributed by atoms with E-state index in [0.717, 1.165) is 6.04 Å². The Bertz CT molecular complexity index is 170. The Morgan fingerprint density at radius 2 is 1.56 bits per heavy atom. The maximum atomic E-state index is 3.76. The van der Waals surface area contributed by atoms with E-state index in [4.69, 9.17) is 0 Å². The van der Waals surface area contributed by atoms with Crippen LogP contribution in [0.2, 0.25) is 0 Å². The first-order chi connectivity index (χ1) is 7.95. The molecule has 0 aromatic rings. The fraction of sp³-hybridized carbons (Fsp3) is 1.00. The van der Waals surface area contributed by atoms with Crippen LogP contribution in [-0.4, -0.2) is 37.1 Å². The molecule has 0 aromatic heterocycles. The van der Waals surface area contributed by atoms with Crippen molar-refractivity contribution < 1.29 is 0 Å². The third-order valence-corrected chi connectivity index (χ3v) is 3.98. The molecule has 0 radical (unpaired) electrons. The summed E-state index contributed by atoms with van der Waals surface area (Å²) in [5.41, 5.74) is 0. The van der Waals surface area contributed by atoms with Gasteiger partial charge >= 0.3 is 0 Å². The lowest BCUT2D eigenvalue weighted by atomic mass is 9.97. The van der Waals surface area contributed by atoms with Crippen molar-refractivity contribution in [2.75, 3.05) is 26.2 Å². The van der Waals surface area contributed by atoms with E-state index in [9.17, 15) is 0 Å². The SMILES string of the molecule is C1CCCC(NCCCCN2CC2)CCC1. The van der Waals surface area contributed by atoms with Crippen LogP contribution in [0, 0.1) is 0 Å². The molecule has 2 rings (SSSR count). The molecule has 0 atom stereocenters. The van der Waals surface area contributed by atoms with Gasteiger partial charge in [-0.1, -0.05) is 32.1 Å². The molecule has 2 nitrogen and oxygen atoms in total. The first-order valence-electron chi connectivity index (χ1n) is 7.41. The minimum Gasteiger partial charge on any atom is -0.314 e. The zero-order valence-electron chi connectivity index (χ0n) is 10.7. The van der Waals surface area contributed by atoms with E-state index in [1.54, 1.807) is 0 Å². The molecule has 0 unspecified atom stereocenters. The number of rotatable bonds is 6. The summed E-state index contributed by atoms with van der Waals surface area (Å²) in [7, 11) is 0. The van der Waals surface area contributed by atoms with Crippen molar-refractivity contribution in [3.63, 3.8) is 0 Å². The maximum Gasteiger partial charge on any atom is 0.0110 e. The van der Waals surface area contributed by atoms with E-state index < -0.39 is 0 Å². The molecule has 0 aromatic carbocycles. The van der Waals surface area contributed by atoms with Gasteiger partial charge in [0.05, 0.1) is 0 Å². The zero-order chi connectivity index (χ0) is 11.1. The van der Waals surface area contributed by atoms with E-state index in [-0.39, 0.29) is 0 Å². The summed E-state index contributed by atoms with van der Waals surface area (Å²) < 4.78 is 0. The van der Waals surface area contributed by atoms with Gasteiger partial charge in [0.2, 0.25) is 0 Å². The average Bonchev–Trinajstić information content (AvgIpc) is 3.04. The molecule has 0 amide bonds. The smallest absolute Gasteiger partial charge is 0.0110 e. The molecular weight excluding hydrogens is 196 g/mol. The van der Waals surface area contributed by atoms with Gasteiger partial charge in [-0.15, -0.1) is 0 Å². The van der Waals surface area contributed by atoms with Crippen LogP contribution < -0.4 is 5.32 Å². The zero-order valence-corrected chi connectivity index (χ0v) is 10.7. The molecule has 2 fully saturated rings. The lowest BCUT2D eigenvalue weighted by molar-refractivity contribution is 0.383. The molecule has 2 heteroatoms. The molecule has 16 heavy (non-hydrogen) atoms. The summed E-state index contributed by atoms with van der Waals surface area (Å²) in [6, 6.07) is 0.835. The quantitative estimate of drug-likeness (QED) is 0.551. The number of nitrogens with one attached hydrogen (secondary N) is 1. The highest BCUT2D eigenvalue weighted by molar-refractivity contribution is 4.73. The largest absolute Gasteiger partial charge is 0.314 e. The number of nitrogens with zero attached hydrogens (tertiary/aromatic N) is 1. The molecule has 1 aliphatic heterocycles. The standard InChI is InChI=1S/C14H28N2/c1-2-4-8-14(9-5-3-1)15-10-6-7-11-16-12-13-16/h14-15H,1-13H2. The van der Waals surface area contributed by atoms with Gasteiger partial charge in [-0.25, -0.2) is 0 Å². The number of unbranched alkanes of at least 4 members (excludes halogenated alkanes) is 1. The van der Waals surface area contributed by atoms with Crippen LogP contribution >= 0.6 is 0 Å². The van der Waals surface area contributed by atoms with Crippen molar-refractivity contribution in [2.24, 2.45) is 0 Å². The van der Waals surface area contributed by atoms with Gasteiger partial charge in [0, 0.05) is 19.1 Å². The van der Waals surface area contributed by atoms with Crippen LogP contribution in [0.5, 0.6) is 0 Å². The van der Waals surface area contributed by atoms with Crippen LogP contribution in [0.3, 0.4) is 0 Å². The van der Waals surface area contributed by atoms with Gasteiger partial charge in [0.1, 0.15) is 0 Å². The van der Waals surface area contributed by atoms with E-state index >= 15 is 0 Å². The third-order valence-electron chi connectivity index (χ3n) is 3.98. The molecule has 1 N–H and O–H groups in total. The summed E-state index contributed by atoms with van der Waals surface area (Å²) in [6.07, 6.45) is 12.9. The molecule has 1 saturated carbocycles. The van der Waals surface area contributed by atoms with Crippen molar-refractivity contribution in [3.05, 3.63) is 0 Å². The van der Waals surface area contributed by atoms with Crippen LogP contribution in [0.15, 0.2) is 0 Å². The van der Waals surface area contributed by atoms with Crippen LogP contribution in [-0.2, 0) is 0 Å². The number of hydrogen-bond acceptors (Lipinski definition) is 2. The van der Waals surface area contributed by atoms with Crippen molar-refractivity contribution >= 4 is 0 Å².